The molecule has 2 aromatic rings. The second-order valence-corrected chi connectivity index (χ2v) is 5.90. The van der Waals surface area contributed by atoms with Gasteiger partial charge < -0.3 is 15.3 Å². The topological polar surface area (TPSA) is 60.7 Å². The first-order valence-corrected chi connectivity index (χ1v) is 8.12. The number of imidazole rings is 1. The molecule has 1 aromatic carbocycles. The standard InChI is InChI=1S/C17H27N3O/c1-4-6-8-14(7-5-2)18-12(3)13-9-10-15-16(11-13)20-17(21)19-15/h9-12,14,18H,4-8H2,1-3H3,(H2,19,20,21). The summed E-state index contributed by atoms with van der Waals surface area (Å²) in [4.78, 5) is 16.9. The van der Waals surface area contributed by atoms with Crippen molar-refractivity contribution in [1.82, 2.24) is 15.3 Å². The molecular weight excluding hydrogens is 262 g/mol. The maximum Gasteiger partial charge on any atom is 0.323 e. The van der Waals surface area contributed by atoms with Gasteiger partial charge in [-0.3, -0.25) is 0 Å². The lowest BCUT2D eigenvalue weighted by molar-refractivity contribution is 0.396. The maximum atomic E-state index is 11.3. The third-order valence-electron chi connectivity index (χ3n) is 4.07. The van der Waals surface area contributed by atoms with Crippen molar-refractivity contribution in [3.8, 4) is 0 Å². The van der Waals surface area contributed by atoms with E-state index in [1.165, 1.54) is 37.7 Å². The van der Waals surface area contributed by atoms with E-state index in [2.05, 4.69) is 48.2 Å². The normalized spacial score (nSPS) is 14.4. The Morgan fingerprint density at radius 1 is 1.10 bits per heavy atom. The summed E-state index contributed by atoms with van der Waals surface area (Å²) in [7, 11) is 0. The van der Waals surface area contributed by atoms with Gasteiger partial charge in [-0.1, -0.05) is 39.2 Å². The van der Waals surface area contributed by atoms with Crippen molar-refractivity contribution in [2.24, 2.45) is 0 Å². The quantitative estimate of drug-likeness (QED) is 0.691. The van der Waals surface area contributed by atoms with Gasteiger partial charge in [-0.05, 0) is 37.5 Å². The summed E-state index contributed by atoms with van der Waals surface area (Å²) in [5, 5.41) is 3.74. The summed E-state index contributed by atoms with van der Waals surface area (Å²) in [6, 6.07) is 6.99. The fourth-order valence-corrected chi connectivity index (χ4v) is 2.88. The van der Waals surface area contributed by atoms with Crippen LogP contribution in [0, 0.1) is 0 Å². The van der Waals surface area contributed by atoms with Crippen LogP contribution in [-0.4, -0.2) is 16.0 Å². The Bertz CT molecular complexity index is 614. The Kier molecular flexibility index (Phi) is 5.62. The fourth-order valence-electron chi connectivity index (χ4n) is 2.88. The van der Waals surface area contributed by atoms with Crippen LogP contribution in [0.25, 0.3) is 11.0 Å². The second kappa shape index (κ2) is 7.46. The molecule has 2 unspecified atom stereocenters. The molecule has 0 radical (unpaired) electrons. The van der Waals surface area contributed by atoms with Crippen LogP contribution >= 0.6 is 0 Å². The van der Waals surface area contributed by atoms with E-state index in [1.54, 1.807) is 0 Å². The van der Waals surface area contributed by atoms with E-state index in [0.29, 0.717) is 12.1 Å². The van der Waals surface area contributed by atoms with Crippen LogP contribution in [-0.2, 0) is 0 Å². The number of rotatable bonds is 8. The van der Waals surface area contributed by atoms with Gasteiger partial charge in [0.05, 0.1) is 11.0 Å². The van der Waals surface area contributed by atoms with E-state index in [9.17, 15) is 4.79 Å². The van der Waals surface area contributed by atoms with E-state index in [-0.39, 0.29) is 5.69 Å². The van der Waals surface area contributed by atoms with Crippen LogP contribution in [0.1, 0.15) is 64.5 Å². The van der Waals surface area contributed by atoms with Crippen LogP contribution < -0.4 is 11.0 Å². The highest BCUT2D eigenvalue weighted by atomic mass is 16.1. The van der Waals surface area contributed by atoms with Crippen LogP contribution in [0.3, 0.4) is 0 Å². The van der Waals surface area contributed by atoms with E-state index in [0.717, 1.165) is 11.0 Å². The lowest BCUT2D eigenvalue weighted by Gasteiger charge is -2.23. The van der Waals surface area contributed by atoms with E-state index < -0.39 is 0 Å². The molecule has 0 aliphatic carbocycles. The smallest absolute Gasteiger partial charge is 0.307 e. The molecule has 1 aromatic heterocycles. The zero-order chi connectivity index (χ0) is 15.2. The van der Waals surface area contributed by atoms with Crippen molar-refractivity contribution in [3.05, 3.63) is 34.2 Å². The SMILES string of the molecule is CCCCC(CCC)NC(C)c1ccc2[nH]c(=O)[nH]c2c1. The molecule has 3 N–H and O–H groups in total. The summed E-state index contributed by atoms with van der Waals surface area (Å²) in [5.74, 6) is 0. The van der Waals surface area contributed by atoms with E-state index >= 15 is 0 Å². The predicted octanol–water partition coefficient (Wildman–Crippen LogP) is 3.87. The van der Waals surface area contributed by atoms with Gasteiger partial charge in [-0.15, -0.1) is 0 Å². The summed E-state index contributed by atoms with van der Waals surface area (Å²) < 4.78 is 0. The first kappa shape index (κ1) is 15.8. The minimum absolute atomic E-state index is 0.144. The van der Waals surface area contributed by atoms with Crippen molar-refractivity contribution in [2.75, 3.05) is 0 Å². The lowest BCUT2D eigenvalue weighted by Crippen LogP contribution is -2.31. The van der Waals surface area contributed by atoms with Gasteiger partial charge in [0.2, 0.25) is 0 Å². The molecule has 0 bridgehead atoms. The minimum atomic E-state index is -0.144. The maximum absolute atomic E-state index is 11.3. The van der Waals surface area contributed by atoms with Gasteiger partial charge in [-0.2, -0.15) is 0 Å². The molecule has 1 heterocycles. The molecule has 0 saturated carbocycles. The minimum Gasteiger partial charge on any atom is -0.307 e. The van der Waals surface area contributed by atoms with Crippen molar-refractivity contribution >= 4 is 11.0 Å². The number of benzene rings is 1. The number of aromatic nitrogens is 2. The molecule has 2 rings (SSSR count). The molecule has 116 valence electrons. The molecule has 21 heavy (non-hydrogen) atoms. The van der Waals surface area contributed by atoms with Crippen molar-refractivity contribution in [3.63, 3.8) is 0 Å². The Morgan fingerprint density at radius 3 is 2.57 bits per heavy atom. The molecule has 0 aliphatic heterocycles. The first-order valence-electron chi connectivity index (χ1n) is 8.12. The highest BCUT2D eigenvalue weighted by Gasteiger charge is 2.13. The highest BCUT2D eigenvalue weighted by Crippen LogP contribution is 2.19. The first-order chi connectivity index (χ1) is 10.1. The molecule has 2 atom stereocenters. The molecule has 0 amide bonds. The Hall–Kier alpha value is -1.55. The van der Waals surface area contributed by atoms with Gasteiger partial charge in [-0.25, -0.2) is 4.79 Å². The lowest BCUT2D eigenvalue weighted by atomic mass is 10.0. The highest BCUT2D eigenvalue weighted by molar-refractivity contribution is 5.75. The second-order valence-electron chi connectivity index (χ2n) is 5.90. The number of fused-ring (bicyclic) bond motifs is 1. The molecule has 4 nitrogen and oxygen atoms in total. The zero-order valence-electron chi connectivity index (χ0n) is 13.3. The largest absolute Gasteiger partial charge is 0.323 e. The number of hydrogen-bond donors (Lipinski definition) is 3. The molecule has 0 saturated heterocycles. The summed E-state index contributed by atoms with van der Waals surface area (Å²) in [5.41, 5.74) is 2.82. The number of H-pyrrole nitrogens is 2. The number of nitrogens with one attached hydrogen (secondary N) is 3. The average Bonchev–Trinajstić information content (AvgIpc) is 2.83. The van der Waals surface area contributed by atoms with Crippen LogP contribution in [0.5, 0.6) is 0 Å². The monoisotopic (exact) mass is 289 g/mol. The molecule has 0 fully saturated rings. The van der Waals surface area contributed by atoms with Gasteiger partial charge in [0.25, 0.3) is 0 Å². The van der Waals surface area contributed by atoms with Crippen LogP contribution in [0.2, 0.25) is 0 Å². The van der Waals surface area contributed by atoms with Gasteiger partial charge >= 0.3 is 5.69 Å². The van der Waals surface area contributed by atoms with Crippen molar-refractivity contribution in [1.29, 1.82) is 0 Å². The molecule has 0 aliphatic rings. The Morgan fingerprint density at radius 2 is 1.86 bits per heavy atom. The summed E-state index contributed by atoms with van der Waals surface area (Å²) in [6.07, 6.45) is 6.17. The molecular formula is C17H27N3O. The average molecular weight is 289 g/mol. The predicted molar refractivity (Wildman–Crippen MR) is 88.7 cm³/mol. The van der Waals surface area contributed by atoms with Gasteiger partial charge in [0, 0.05) is 12.1 Å². The van der Waals surface area contributed by atoms with Gasteiger partial charge in [0.15, 0.2) is 0 Å². The zero-order valence-corrected chi connectivity index (χ0v) is 13.3. The van der Waals surface area contributed by atoms with Crippen molar-refractivity contribution < 1.29 is 0 Å². The Labute approximate surface area is 126 Å². The summed E-state index contributed by atoms with van der Waals surface area (Å²) >= 11 is 0. The van der Waals surface area contributed by atoms with Gasteiger partial charge in [0.1, 0.15) is 0 Å². The molecule has 0 spiro atoms. The molecule has 4 heteroatoms. The van der Waals surface area contributed by atoms with E-state index in [1.807, 2.05) is 6.07 Å². The van der Waals surface area contributed by atoms with Crippen molar-refractivity contribution in [2.45, 2.75) is 65.0 Å². The van der Waals surface area contributed by atoms with E-state index in [4.69, 9.17) is 0 Å². The summed E-state index contributed by atoms with van der Waals surface area (Å²) in [6.45, 7) is 6.67. The number of unbranched alkanes of at least 4 members (excludes halogenated alkanes) is 1. The van der Waals surface area contributed by atoms with Crippen LogP contribution in [0.15, 0.2) is 23.0 Å². The Balaban J connectivity index is 2.08. The van der Waals surface area contributed by atoms with Crippen LogP contribution in [0.4, 0.5) is 0 Å². The number of hydrogen-bond acceptors (Lipinski definition) is 2. The third kappa shape index (κ3) is 4.21. The number of aromatic amines is 2. The third-order valence-corrected chi connectivity index (χ3v) is 4.07. The fraction of sp³-hybridized carbons (Fsp3) is 0.588.